The normalized spacial score (nSPS) is 19.4. The van der Waals surface area contributed by atoms with Crippen LogP contribution in [0.15, 0.2) is 24.3 Å². The standard InChI is InChI=1S/C10H10F2O2/c11-9(12)7-2-1-3-8(4-7)10(13)5-14-6-10/h1-4,9,13H,5-6H2. The molecule has 1 N–H and O–H groups in total. The minimum absolute atomic E-state index is 0.0668. The maximum absolute atomic E-state index is 12.3. The largest absolute Gasteiger partial charge is 0.380 e. The van der Waals surface area contributed by atoms with Crippen LogP contribution in [0.2, 0.25) is 0 Å². The monoisotopic (exact) mass is 200 g/mol. The number of alkyl halides is 2. The number of rotatable bonds is 2. The number of aliphatic hydroxyl groups is 1. The van der Waals surface area contributed by atoms with E-state index >= 15 is 0 Å². The highest BCUT2D eigenvalue weighted by Gasteiger charge is 2.38. The average Bonchev–Trinajstić information content (AvgIpc) is 2.14. The van der Waals surface area contributed by atoms with E-state index in [1.54, 1.807) is 6.07 Å². The molecule has 0 bridgehead atoms. The van der Waals surface area contributed by atoms with E-state index in [0.29, 0.717) is 5.56 Å². The summed E-state index contributed by atoms with van der Waals surface area (Å²) in [5.41, 5.74) is -0.630. The zero-order chi connectivity index (χ0) is 10.2. The molecule has 14 heavy (non-hydrogen) atoms. The Kier molecular flexibility index (Phi) is 2.25. The molecule has 1 fully saturated rings. The summed E-state index contributed by atoms with van der Waals surface area (Å²) in [5.74, 6) is 0. The van der Waals surface area contributed by atoms with Crippen LogP contribution < -0.4 is 0 Å². The summed E-state index contributed by atoms with van der Waals surface area (Å²) in [7, 11) is 0. The van der Waals surface area contributed by atoms with Crippen LogP contribution in [0.3, 0.4) is 0 Å². The van der Waals surface area contributed by atoms with Gasteiger partial charge >= 0.3 is 0 Å². The molecule has 0 atom stereocenters. The van der Waals surface area contributed by atoms with Crippen molar-refractivity contribution in [1.82, 2.24) is 0 Å². The molecule has 1 heterocycles. The second-order valence-corrected chi connectivity index (χ2v) is 3.45. The minimum atomic E-state index is -2.50. The van der Waals surface area contributed by atoms with Crippen LogP contribution in [-0.4, -0.2) is 18.3 Å². The van der Waals surface area contributed by atoms with Crippen LogP contribution >= 0.6 is 0 Å². The van der Waals surface area contributed by atoms with E-state index < -0.39 is 12.0 Å². The van der Waals surface area contributed by atoms with Gasteiger partial charge < -0.3 is 9.84 Å². The first kappa shape index (κ1) is 9.55. The smallest absolute Gasteiger partial charge is 0.263 e. The molecule has 1 aliphatic heterocycles. The summed E-state index contributed by atoms with van der Waals surface area (Å²) in [6.07, 6.45) is -2.50. The maximum atomic E-state index is 12.3. The van der Waals surface area contributed by atoms with E-state index in [4.69, 9.17) is 4.74 Å². The van der Waals surface area contributed by atoms with Crippen LogP contribution in [0.5, 0.6) is 0 Å². The molecular weight excluding hydrogens is 190 g/mol. The molecule has 2 rings (SSSR count). The Morgan fingerprint density at radius 1 is 1.36 bits per heavy atom. The fraction of sp³-hybridized carbons (Fsp3) is 0.400. The van der Waals surface area contributed by atoms with Crippen molar-refractivity contribution in [2.24, 2.45) is 0 Å². The summed E-state index contributed by atoms with van der Waals surface area (Å²) < 4.78 is 29.5. The third-order valence-corrected chi connectivity index (χ3v) is 2.36. The predicted molar refractivity (Wildman–Crippen MR) is 46.1 cm³/mol. The van der Waals surface area contributed by atoms with Gasteiger partial charge in [0.15, 0.2) is 0 Å². The first-order chi connectivity index (χ1) is 6.62. The van der Waals surface area contributed by atoms with Crippen molar-refractivity contribution in [1.29, 1.82) is 0 Å². The zero-order valence-corrected chi connectivity index (χ0v) is 7.41. The van der Waals surface area contributed by atoms with E-state index in [0.717, 1.165) is 0 Å². The summed E-state index contributed by atoms with van der Waals surface area (Å²) in [6, 6.07) is 5.83. The Hall–Kier alpha value is -1.00. The van der Waals surface area contributed by atoms with E-state index in [1.807, 2.05) is 0 Å². The van der Waals surface area contributed by atoms with Crippen LogP contribution in [0.4, 0.5) is 8.78 Å². The van der Waals surface area contributed by atoms with Crippen molar-refractivity contribution >= 4 is 0 Å². The fourth-order valence-electron chi connectivity index (χ4n) is 1.43. The van der Waals surface area contributed by atoms with E-state index in [9.17, 15) is 13.9 Å². The SMILES string of the molecule is OC1(c2cccc(C(F)F)c2)COC1. The molecule has 1 aromatic carbocycles. The lowest BCUT2D eigenvalue weighted by Gasteiger charge is -2.36. The van der Waals surface area contributed by atoms with Gasteiger partial charge in [-0.2, -0.15) is 0 Å². The molecule has 1 aromatic rings. The molecule has 0 spiro atoms. The quantitative estimate of drug-likeness (QED) is 0.789. The highest BCUT2D eigenvalue weighted by atomic mass is 19.3. The maximum Gasteiger partial charge on any atom is 0.263 e. The molecule has 1 aliphatic rings. The van der Waals surface area contributed by atoms with Gasteiger partial charge in [-0.1, -0.05) is 18.2 Å². The molecule has 4 heteroatoms. The Morgan fingerprint density at radius 2 is 2.07 bits per heavy atom. The van der Waals surface area contributed by atoms with Gasteiger partial charge in [0.2, 0.25) is 0 Å². The average molecular weight is 200 g/mol. The highest BCUT2D eigenvalue weighted by Crippen LogP contribution is 2.31. The predicted octanol–water partition coefficient (Wildman–Crippen LogP) is 1.84. The second kappa shape index (κ2) is 3.29. The van der Waals surface area contributed by atoms with Crippen molar-refractivity contribution in [3.05, 3.63) is 35.4 Å². The van der Waals surface area contributed by atoms with Crippen LogP contribution in [0, 0.1) is 0 Å². The molecule has 0 radical (unpaired) electrons. The van der Waals surface area contributed by atoms with Crippen LogP contribution in [-0.2, 0) is 10.3 Å². The number of ether oxygens (including phenoxy) is 1. The lowest BCUT2D eigenvalue weighted by atomic mass is 9.91. The number of hydrogen-bond acceptors (Lipinski definition) is 2. The fourth-order valence-corrected chi connectivity index (χ4v) is 1.43. The van der Waals surface area contributed by atoms with Crippen molar-refractivity contribution in [3.8, 4) is 0 Å². The first-order valence-electron chi connectivity index (χ1n) is 4.30. The Bertz CT molecular complexity index is 335. The zero-order valence-electron chi connectivity index (χ0n) is 7.41. The van der Waals surface area contributed by atoms with Gasteiger partial charge in [0.05, 0.1) is 13.2 Å². The molecule has 1 saturated heterocycles. The molecule has 2 nitrogen and oxygen atoms in total. The lowest BCUT2D eigenvalue weighted by molar-refractivity contribution is -0.184. The van der Waals surface area contributed by atoms with Gasteiger partial charge in [-0.3, -0.25) is 0 Å². The third kappa shape index (κ3) is 1.51. The third-order valence-electron chi connectivity index (χ3n) is 2.36. The van der Waals surface area contributed by atoms with Gasteiger partial charge in [0, 0.05) is 5.56 Å². The van der Waals surface area contributed by atoms with Crippen molar-refractivity contribution in [2.45, 2.75) is 12.0 Å². The summed E-state index contributed by atoms with van der Waals surface area (Å²) >= 11 is 0. The summed E-state index contributed by atoms with van der Waals surface area (Å²) in [6.45, 7) is 0.360. The Balaban J connectivity index is 2.30. The first-order valence-corrected chi connectivity index (χ1v) is 4.30. The number of benzene rings is 1. The molecule has 0 amide bonds. The van der Waals surface area contributed by atoms with E-state index in [-0.39, 0.29) is 18.8 Å². The topological polar surface area (TPSA) is 29.5 Å². The Morgan fingerprint density at radius 3 is 2.57 bits per heavy atom. The van der Waals surface area contributed by atoms with Gasteiger partial charge in [-0.15, -0.1) is 0 Å². The molecule has 0 unspecified atom stereocenters. The van der Waals surface area contributed by atoms with Crippen LogP contribution in [0.25, 0.3) is 0 Å². The van der Waals surface area contributed by atoms with Gasteiger partial charge in [-0.25, -0.2) is 8.78 Å². The lowest BCUT2D eigenvalue weighted by Crippen LogP contribution is -2.46. The molecule has 0 aromatic heterocycles. The molecular formula is C10H10F2O2. The molecule has 0 aliphatic carbocycles. The second-order valence-electron chi connectivity index (χ2n) is 3.45. The Labute approximate surface area is 80.1 Å². The van der Waals surface area contributed by atoms with Crippen LogP contribution in [0.1, 0.15) is 17.6 Å². The number of halogens is 2. The highest BCUT2D eigenvalue weighted by molar-refractivity contribution is 5.30. The van der Waals surface area contributed by atoms with E-state index in [1.165, 1.54) is 18.2 Å². The van der Waals surface area contributed by atoms with E-state index in [2.05, 4.69) is 0 Å². The summed E-state index contributed by atoms with van der Waals surface area (Å²) in [4.78, 5) is 0. The van der Waals surface area contributed by atoms with Gasteiger partial charge in [0.1, 0.15) is 5.60 Å². The van der Waals surface area contributed by atoms with Crippen molar-refractivity contribution in [2.75, 3.05) is 13.2 Å². The number of hydrogen-bond donors (Lipinski definition) is 1. The minimum Gasteiger partial charge on any atom is -0.380 e. The van der Waals surface area contributed by atoms with Crippen molar-refractivity contribution in [3.63, 3.8) is 0 Å². The molecule has 0 saturated carbocycles. The van der Waals surface area contributed by atoms with Gasteiger partial charge in [0.25, 0.3) is 6.43 Å². The molecule has 76 valence electrons. The van der Waals surface area contributed by atoms with Gasteiger partial charge in [-0.05, 0) is 11.6 Å². The summed E-state index contributed by atoms with van der Waals surface area (Å²) in [5, 5.41) is 9.82. The van der Waals surface area contributed by atoms with Crippen molar-refractivity contribution < 1.29 is 18.6 Å².